The van der Waals surface area contributed by atoms with E-state index in [4.69, 9.17) is 5.73 Å². The Morgan fingerprint density at radius 2 is 2.25 bits per heavy atom. The van der Waals surface area contributed by atoms with Gasteiger partial charge in [0.25, 0.3) is 0 Å². The number of hydrogen-bond donors (Lipinski definition) is 1. The normalized spacial score (nSPS) is 18.1. The Hall–Kier alpha value is -0.840. The molecule has 3 rings (SSSR count). The zero-order valence-electron chi connectivity index (χ0n) is 11.6. The van der Waals surface area contributed by atoms with Crippen LogP contribution in [0.3, 0.4) is 0 Å². The van der Waals surface area contributed by atoms with Crippen LogP contribution in [0.2, 0.25) is 0 Å². The summed E-state index contributed by atoms with van der Waals surface area (Å²) in [6, 6.07) is 9.28. The Bertz CT molecular complexity index is 608. The number of nitrogens with zero attached hydrogens (tertiary/aromatic N) is 1. The molecule has 0 fully saturated rings. The van der Waals surface area contributed by atoms with Gasteiger partial charge in [-0.1, -0.05) is 15.9 Å². The number of halogens is 1. The Balaban J connectivity index is 1.98. The first-order valence-corrected chi connectivity index (χ1v) is 8.69. The van der Waals surface area contributed by atoms with E-state index in [1.165, 1.54) is 16.8 Å². The maximum atomic E-state index is 5.77. The summed E-state index contributed by atoms with van der Waals surface area (Å²) in [5.74, 6) is 0. The van der Waals surface area contributed by atoms with Crippen LogP contribution in [0, 0.1) is 0 Å². The molecule has 2 heterocycles. The number of thiophene rings is 1. The van der Waals surface area contributed by atoms with E-state index in [-0.39, 0.29) is 0 Å². The Morgan fingerprint density at radius 3 is 3.05 bits per heavy atom. The molecule has 1 aromatic carbocycles. The number of fused-ring (bicyclic) bond motifs is 1. The maximum absolute atomic E-state index is 5.77. The first-order valence-electron chi connectivity index (χ1n) is 7.02. The SMILES string of the molecule is CC1c2ccsc2CCN1c1ccc(Br)cc1CCN. The van der Waals surface area contributed by atoms with Crippen LogP contribution in [0.1, 0.15) is 29.0 Å². The molecule has 0 bridgehead atoms. The van der Waals surface area contributed by atoms with E-state index in [1.54, 1.807) is 4.88 Å². The van der Waals surface area contributed by atoms with Crippen molar-refractivity contribution in [1.82, 2.24) is 0 Å². The number of benzene rings is 1. The van der Waals surface area contributed by atoms with Crippen LogP contribution in [-0.4, -0.2) is 13.1 Å². The van der Waals surface area contributed by atoms with Crippen LogP contribution in [0.5, 0.6) is 0 Å². The highest BCUT2D eigenvalue weighted by Crippen LogP contribution is 2.38. The van der Waals surface area contributed by atoms with Gasteiger partial charge in [-0.3, -0.25) is 0 Å². The monoisotopic (exact) mass is 350 g/mol. The van der Waals surface area contributed by atoms with Gasteiger partial charge in [0.1, 0.15) is 0 Å². The van der Waals surface area contributed by atoms with Gasteiger partial charge >= 0.3 is 0 Å². The van der Waals surface area contributed by atoms with Crippen molar-refractivity contribution in [2.75, 3.05) is 18.0 Å². The van der Waals surface area contributed by atoms with Gasteiger partial charge in [0, 0.05) is 21.6 Å². The Morgan fingerprint density at radius 1 is 1.40 bits per heavy atom. The third-order valence-corrected chi connectivity index (χ3v) is 5.53. The van der Waals surface area contributed by atoms with Crippen molar-refractivity contribution in [2.24, 2.45) is 5.73 Å². The summed E-state index contributed by atoms with van der Waals surface area (Å²) in [5, 5.41) is 2.22. The summed E-state index contributed by atoms with van der Waals surface area (Å²) in [6.07, 6.45) is 2.07. The van der Waals surface area contributed by atoms with E-state index in [2.05, 4.69) is 57.4 Å². The number of hydrogen-bond acceptors (Lipinski definition) is 3. The van der Waals surface area contributed by atoms with E-state index in [1.807, 2.05) is 11.3 Å². The summed E-state index contributed by atoms with van der Waals surface area (Å²) in [6.45, 7) is 4.09. The number of rotatable bonds is 3. The Kier molecular flexibility index (Phi) is 4.15. The fraction of sp³-hybridized carbons (Fsp3) is 0.375. The molecule has 4 heteroatoms. The van der Waals surface area contributed by atoms with Crippen molar-refractivity contribution in [2.45, 2.75) is 25.8 Å². The summed E-state index contributed by atoms with van der Waals surface area (Å²) in [4.78, 5) is 4.07. The van der Waals surface area contributed by atoms with Crippen molar-refractivity contribution in [3.63, 3.8) is 0 Å². The van der Waals surface area contributed by atoms with Gasteiger partial charge in [-0.2, -0.15) is 0 Å². The second-order valence-corrected chi connectivity index (χ2v) is 7.15. The molecule has 0 radical (unpaired) electrons. The lowest BCUT2D eigenvalue weighted by Crippen LogP contribution is -2.33. The van der Waals surface area contributed by atoms with Crippen LogP contribution in [0.15, 0.2) is 34.1 Å². The fourth-order valence-corrected chi connectivity index (χ4v) is 4.40. The molecule has 0 spiro atoms. The molecule has 2 aromatic rings. The number of nitrogens with two attached hydrogens (primary N) is 1. The second kappa shape index (κ2) is 5.88. The summed E-state index contributed by atoms with van der Waals surface area (Å²) < 4.78 is 1.13. The zero-order valence-corrected chi connectivity index (χ0v) is 14.0. The van der Waals surface area contributed by atoms with E-state index < -0.39 is 0 Å². The van der Waals surface area contributed by atoms with Crippen LogP contribution in [0.4, 0.5) is 5.69 Å². The van der Waals surface area contributed by atoms with Gasteiger partial charge in [0.05, 0.1) is 6.04 Å². The lowest BCUT2D eigenvalue weighted by atomic mass is 9.98. The fourth-order valence-electron chi connectivity index (χ4n) is 3.03. The molecule has 0 saturated heterocycles. The van der Waals surface area contributed by atoms with Gasteiger partial charge in [0.15, 0.2) is 0 Å². The summed E-state index contributed by atoms with van der Waals surface area (Å²) in [5.41, 5.74) is 9.94. The predicted octanol–water partition coefficient (Wildman–Crippen LogP) is 4.14. The summed E-state index contributed by atoms with van der Waals surface area (Å²) in [7, 11) is 0. The molecule has 1 aliphatic heterocycles. The molecule has 2 nitrogen and oxygen atoms in total. The summed E-state index contributed by atoms with van der Waals surface area (Å²) >= 11 is 5.46. The van der Waals surface area contributed by atoms with Crippen LogP contribution in [0.25, 0.3) is 0 Å². The Labute approximate surface area is 132 Å². The number of anilines is 1. The van der Waals surface area contributed by atoms with Gasteiger partial charge in [-0.05, 0) is 67.1 Å². The minimum Gasteiger partial charge on any atom is -0.364 e. The molecule has 1 unspecified atom stereocenters. The standard InChI is InChI=1S/C16H19BrN2S/c1-11-14-6-9-20-16(14)5-8-19(11)15-3-2-13(17)10-12(15)4-7-18/h2-3,6,9-11H,4-5,7-8,18H2,1H3. The third kappa shape index (κ3) is 2.52. The molecular weight excluding hydrogens is 332 g/mol. The maximum Gasteiger partial charge on any atom is 0.0525 e. The molecule has 1 aromatic heterocycles. The lowest BCUT2D eigenvalue weighted by molar-refractivity contribution is 0.629. The lowest BCUT2D eigenvalue weighted by Gasteiger charge is -2.37. The van der Waals surface area contributed by atoms with Gasteiger partial charge < -0.3 is 10.6 Å². The van der Waals surface area contributed by atoms with Crippen molar-refractivity contribution in [3.8, 4) is 0 Å². The first kappa shape index (κ1) is 14.1. The topological polar surface area (TPSA) is 29.3 Å². The third-order valence-electron chi connectivity index (χ3n) is 4.04. The molecule has 0 amide bonds. The largest absolute Gasteiger partial charge is 0.364 e. The minimum absolute atomic E-state index is 0.447. The zero-order chi connectivity index (χ0) is 14.1. The van der Waals surface area contributed by atoms with Crippen molar-refractivity contribution in [3.05, 3.63) is 50.1 Å². The highest BCUT2D eigenvalue weighted by atomic mass is 79.9. The smallest absolute Gasteiger partial charge is 0.0525 e. The van der Waals surface area contributed by atoms with Crippen LogP contribution >= 0.6 is 27.3 Å². The second-order valence-electron chi connectivity index (χ2n) is 5.23. The van der Waals surface area contributed by atoms with Gasteiger partial charge in [-0.25, -0.2) is 0 Å². The predicted molar refractivity (Wildman–Crippen MR) is 90.7 cm³/mol. The van der Waals surface area contributed by atoms with Crippen molar-refractivity contribution in [1.29, 1.82) is 0 Å². The molecule has 1 aliphatic rings. The van der Waals surface area contributed by atoms with E-state index in [9.17, 15) is 0 Å². The highest BCUT2D eigenvalue weighted by molar-refractivity contribution is 9.10. The van der Waals surface area contributed by atoms with E-state index in [0.717, 1.165) is 23.9 Å². The van der Waals surface area contributed by atoms with Crippen molar-refractivity contribution < 1.29 is 0 Å². The molecule has 2 N–H and O–H groups in total. The average Bonchev–Trinajstić information content (AvgIpc) is 2.90. The van der Waals surface area contributed by atoms with Gasteiger partial charge in [-0.15, -0.1) is 11.3 Å². The van der Waals surface area contributed by atoms with Crippen LogP contribution in [-0.2, 0) is 12.8 Å². The minimum atomic E-state index is 0.447. The quantitative estimate of drug-likeness (QED) is 0.901. The highest BCUT2D eigenvalue weighted by Gasteiger charge is 2.26. The molecule has 0 aliphatic carbocycles. The van der Waals surface area contributed by atoms with Crippen molar-refractivity contribution >= 4 is 33.0 Å². The molecule has 106 valence electrons. The van der Waals surface area contributed by atoms with E-state index >= 15 is 0 Å². The molecule has 20 heavy (non-hydrogen) atoms. The average molecular weight is 351 g/mol. The van der Waals surface area contributed by atoms with Crippen LogP contribution < -0.4 is 10.6 Å². The molecule has 0 saturated carbocycles. The van der Waals surface area contributed by atoms with Gasteiger partial charge in [0.2, 0.25) is 0 Å². The first-order chi connectivity index (χ1) is 9.70. The molecule has 1 atom stereocenters. The molecular formula is C16H19BrN2S. The van der Waals surface area contributed by atoms with E-state index in [0.29, 0.717) is 12.6 Å².